The van der Waals surface area contributed by atoms with Crippen molar-refractivity contribution >= 4 is 23.9 Å². The number of carboxylic acid groups (broad SMARTS) is 4. The van der Waals surface area contributed by atoms with Crippen molar-refractivity contribution < 1.29 is 49.8 Å². The predicted molar refractivity (Wildman–Crippen MR) is 88.3 cm³/mol. The van der Waals surface area contributed by atoms with Gasteiger partial charge < -0.3 is 30.6 Å². The summed E-state index contributed by atoms with van der Waals surface area (Å²) in [5.41, 5.74) is -0.0372. The first-order chi connectivity index (χ1) is 12.1. The van der Waals surface area contributed by atoms with E-state index in [1.807, 2.05) is 0 Å². The van der Waals surface area contributed by atoms with Crippen LogP contribution in [0.5, 0.6) is 0 Å². The van der Waals surface area contributed by atoms with Gasteiger partial charge in [0.15, 0.2) is 0 Å². The Hall–Kier alpha value is -2.98. The van der Waals surface area contributed by atoms with Crippen molar-refractivity contribution in [2.24, 2.45) is 0 Å². The summed E-state index contributed by atoms with van der Waals surface area (Å²) in [7, 11) is 0. The molecule has 0 aliphatic carbocycles. The van der Waals surface area contributed by atoms with Gasteiger partial charge >= 0.3 is 23.9 Å². The maximum Gasteiger partial charge on any atom is 0.335 e. The van der Waals surface area contributed by atoms with E-state index in [0.717, 1.165) is 6.07 Å². The Morgan fingerprint density at radius 3 is 1.31 bits per heavy atom. The first-order valence-corrected chi connectivity index (χ1v) is 7.37. The van der Waals surface area contributed by atoms with Crippen molar-refractivity contribution in [3.8, 4) is 0 Å². The van der Waals surface area contributed by atoms with E-state index in [1.165, 1.54) is 18.2 Å². The van der Waals surface area contributed by atoms with Crippen LogP contribution in [0.1, 0.15) is 46.4 Å². The standard InChI is InChI=1S/C8H6O4.C5H8O4.C3H8O2/c9-7(10)5-2-1-3-6(4-5)8(11)12;6-4(7)2-1-3-5(8)9;4-2-1-3-5/h1-4H,(H,9,10)(H,11,12);1-3H2,(H,6,7)(H,8,9);4-5H,1-3H2. The first kappa shape index (κ1) is 25.3. The maximum absolute atomic E-state index is 10.4. The Morgan fingerprint density at radius 2 is 1.08 bits per heavy atom. The summed E-state index contributed by atoms with van der Waals surface area (Å²) in [6.07, 6.45) is 0.587. The number of aliphatic hydroxyl groups is 2. The fraction of sp³-hybridized carbons (Fsp3) is 0.375. The van der Waals surface area contributed by atoms with Gasteiger partial charge in [-0.3, -0.25) is 9.59 Å². The molecule has 146 valence electrons. The second kappa shape index (κ2) is 15.5. The molecule has 0 saturated carbocycles. The number of aromatic carboxylic acids is 2. The Bertz CT molecular complexity index is 537. The van der Waals surface area contributed by atoms with Crippen LogP contribution >= 0.6 is 0 Å². The zero-order valence-corrected chi connectivity index (χ0v) is 13.9. The summed E-state index contributed by atoms with van der Waals surface area (Å²) in [6, 6.07) is 5.20. The lowest BCUT2D eigenvalue weighted by Gasteiger charge is -1.95. The number of rotatable bonds is 8. The van der Waals surface area contributed by atoms with E-state index in [-0.39, 0.29) is 43.6 Å². The number of aliphatic hydroxyl groups excluding tert-OH is 2. The molecule has 0 heterocycles. The minimum atomic E-state index is -1.13. The van der Waals surface area contributed by atoms with Crippen molar-refractivity contribution in [2.75, 3.05) is 13.2 Å². The number of aliphatic carboxylic acids is 2. The molecule has 0 aliphatic heterocycles. The van der Waals surface area contributed by atoms with Gasteiger partial charge in [0.1, 0.15) is 0 Å². The summed E-state index contributed by atoms with van der Waals surface area (Å²) >= 11 is 0. The van der Waals surface area contributed by atoms with Crippen LogP contribution in [0.15, 0.2) is 24.3 Å². The fourth-order valence-corrected chi connectivity index (χ4v) is 1.25. The molecule has 0 aliphatic rings. The number of benzene rings is 1. The second-order valence-corrected chi connectivity index (χ2v) is 4.63. The molecule has 1 aromatic rings. The smallest absolute Gasteiger partial charge is 0.335 e. The fourth-order valence-electron chi connectivity index (χ4n) is 1.25. The van der Waals surface area contributed by atoms with Gasteiger partial charge in [-0.15, -0.1) is 0 Å². The Kier molecular flexibility index (Phi) is 15.1. The SMILES string of the molecule is O=C(O)CCCC(=O)O.O=C(O)c1cccc(C(=O)O)c1.OCCCO. The molecule has 0 unspecified atom stereocenters. The van der Waals surface area contributed by atoms with Crippen molar-refractivity contribution in [3.05, 3.63) is 35.4 Å². The lowest BCUT2D eigenvalue weighted by Crippen LogP contribution is -2.01. The van der Waals surface area contributed by atoms with Gasteiger partial charge in [0.25, 0.3) is 0 Å². The lowest BCUT2D eigenvalue weighted by atomic mass is 10.1. The van der Waals surface area contributed by atoms with Gasteiger partial charge in [-0.1, -0.05) is 6.07 Å². The summed E-state index contributed by atoms with van der Waals surface area (Å²) in [5.74, 6) is -4.15. The van der Waals surface area contributed by atoms with Crippen LogP contribution in [0.4, 0.5) is 0 Å². The monoisotopic (exact) mass is 374 g/mol. The van der Waals surface area contributed by atoms with Crippen molar-refractivity contribution in [1.82, 2.24) is 0 Å². The Balaban J connectivity index is 0. The zero-order valence-electron chi connectivity index (χ0n) is 13.9. The lowest BCUT2D eigenvalue weighted by molar-refractivity contribution is -0.138. The summed E-state index contributed by atoms with van der Waals surface area (Å²) < 4.78 is 0. The van der Waals surface area contributed by atoms with Crippen molar-refractivity contribution in [1.29, 1.82) is 0 Å². The molecule has 10 heteroatoms. The van der Waals surface area contributed by atoms with E-state index < -0.39 is 23.9 Å². The van der Waals surface area contributed by atoms with Crippen molar-refractivity contribution in [3.63, 3.8) is 0 Å². The van der Waals surface area contributed by atoms with Crippen LogP contribution in [0.2, 0.25) is 0 Å². The van der Waals surface area contributed by atoms with E-state index in [9.17, 15) is 19.2 Å². The Labute approximate surface area is 149 Å². The van der Waals surface area contributed by atoms with Gasteiger partial charge in [-0.2, -0.15) is 0 Å². The van der Waals surface area contributed by atoms with E-state index in [1.54, 1.807) is 0 Å². The van der Waals surface area contributed by atoms with E-state index in [0.29, 0.717) is 6.42 Å². The number of carbonyl (C=O) groups is 4. The van der Waals surface area contributed by atoms with E-state index in [2.05, 4.69) is 0 Å². The topological polar surface area (TPSA) is 190 Å². The van der Waals surface area contributed by atoms with Gasteiger partial charge in [-0.05, 0) is 31.0 Å². The molecular formula is C16H22O10. The molecule has 0 saturated heterocycles. The van der Waals surface area contributed by atoms with Gasteiger partial charge in [-0.25, -0.2) is 9.59 Å². The van der Waals surface area contributed by atoms with Crippen LogP contribution in [0, 0.1) is 0 Å². The van der Waals surface area contributed by atoms with Crippen LogP contribution in [-0.4, -0.2) is 67.7 Å². The molecular weight excluding hydrogens is 352 g/mol. The summed E-state index contributed by atoms with van der Waals surface area (Å²) in [5, 5.41) is 48.9. The molecule has 6 N–H and O–H groups in total. The highest BCUT2D eigenvalue weighted by Crippen LogP contribution is 2.04. The quantitative estimate of drug-likeness (QED) is 0.379. The molecule has 0 fully saturated rings. The van der Waals surface area contributed by atoms with Crippen LogP contribution in [-0.2, 0) is 9.59 Å². The highest BCUT2D eigenvalue weighted by Gasteiger charge is 2.06. The summed E-state index contributed by atoms with van der Waals surface area (Å²) in [6.45, 7) is 0.188. The third kappa shape index (κ3) is 15.9. The molecule has 26 heavy (non-hydrogen) atoms. The zero-order chi connectivity index (χ0) is 20.5. The average molecular weight is 374 g/mol. The number of hydrogen-bond acceptors (Lipinski definition) is 6. The Morgan fingerprint density at radius 1 is 0.692 bits per heavy atom. The normalized spacial score (nSPS) is 9.00. The first-order valence-electron chi connectivity index (χ1n) is 7.37. The average Bonchev–Trinajstić information content (AvgIpc) is 2.56. The largest absolute Gasteiger partial charge is 0.481 e. The molecule has 0 aromatic heterocycles. The number of carboxylic acids is 4. The molecule has 0 radical (unpaired) electrons. The number of hydrogen-bond donors (Lipinski definition) is 6. The van der Waals surface area contributed by atoms with Crippen LogP contribution < -0.4 is 0 Å². The maximum atomic E-state index is 10.4. The minimum absolute atomic E-state index is 0.0186. The molecule has 0 bridgehead atoms. The van der Waals surface area contributed by atoms with Crippen LogP contribution in [0.25, 0.3) is 0 Å². The van der Waals surface area contributed by atoms with E-state index in [4.69, 9.17) is 30.6 Å². The third-order valence-electron chi connectivity index (χ3n) is 2.45. The molecule has 1 aromatic carbocycles. The van der Waals surface area contributed by atoms with Gasteiger partial charge in [0, 0.05) is 26.1 Å². The van der Waals surface area contributed by atoms with Crippen molar-refractivity contribution in [2.45, 2.75) is 25.7 Å². The minimum Gasteiger partial charge on any atom is -0.481 e. The van der Waals surface area contributed by atoms with E-state index >= 15 is 0 Å². The highest BCUT2D eigenvalue weighted by molar-refractivity contribution is 5.93. The van der Waals surface area contributed by atoms with Gasteiger partial charge in [0.05, 0.1) is 11.1 Å². The third-order valence-corrected chi connectivity index (χ3v) is 2.45. The van der Waals surface area contributed by atoms with Gasteiger partial charge in [0.2, 0.25) is 0 Å². The second-order valence-electron chi connectivity index (χ2n) is 4.63. The highest BCUT2D eigenvalue weighted by atomic mass is 16.4. The van der Waals surface area contributed by atoms with Crippen LogP contribution in [0.3, 0.4) is 0 Å². The summed E-state index contributed by atoms with van der Waals surface area (Å²) in [4.78, 5) is 40.3. The molecule has 0 amide bonds. The molecule has 0 atom stereocenters. The molecule has 1 rings (SSSR count). The molecule has 0 spiro atoms. The molecule has 10 nitrogen and oxygen atoms in total. The predicted octanol–water partition coefficient (Wildman–Crippen LogP) is 0.770.